The summed E-state index contributed by atoms with van der Waals surface area (Å²) in [5.74, 6) is 0.342. The standard InChI is InChI=1S/C21H22N4O4/c1-13-5-10-19(29-4)18(11-13)22-21(26)17-8-6-16(7-9-17)12-24-15(3)20(25(27)28)14(2)23-24/h5-11H,12H2,1-4H3,(H,22,26). The zero-order valence-corrected chi connectivity index (χ0v) is 16.7. The van der Waals surface area contributed by atoms with Gasteiger partial charge in [0.15, 0.2) is 0 Å². The average Bonchev–Trinajstić information content (AvgIpc) is 2.95. The molecule has 3 rings (SSSR count). The van der Waals surface area contributed by atoms with Gasteiger partial charge in [-0.1, -0.05) is 18.2 Å². The topological polar surface area (TPSA) is 99.3 Å². The van der Waals surface area contributed by atoms with Crippen LogP contribution in [0.3, 0.4) is 0 Å². The first-order chi connectivity index (χ1) is 13.8. The van der Waals surface area contributed by atoms with Crippen molar-refractivity contribution in [3.8, 4) is 5.75 Å². The van der Waals surface area contributed by atoms with Crippen molar-refractivity contribution in [3.63, 3.8) is 0 Å². The van der Waals surface area contributed by atoms with E-state index >= 15 is 0 Å². The number of nitrogens with one attached hydrogen (secondary N) is 1. The Labute approximate surface area is 168 Å². The molecule has 0 radical (unpaired) electrons. The SMILES string of the molecule is COc1ccc(C)cc1NC(=O)c1ccc(Cn2nc(C)c([N+](=O)[O-])c2C)cc1. The maximum atomic E-state index is 12.6. The normalized spacial score (nSPS) is 10.6. The number of amides is 1. The van der Waals surface area contributed by atoms with Crippen molar-refractivity contribution in [1.82, 2.24) is 9.78 Å². The molecule has 0 aliphatic rings. The van der Waals surface area contributed by atoms with Gasteiger partial charge in [-0.15, -0.1) is 0 Å². The van der Waals surface area contributed by atoms with E-state index in [1.165, 1.54) is 0 Å². The van der Waals surface area contributed by atoms with Crippen LogP contribution in [0.5, 0.6) is 5.75 Å². The van der Waals surface area contributed by atoms with E-state index in [9.17, 15) is 14.9 Å². The van der Waals surface area contributed by atoms with Crippen molar-refractivity contribution in [2.24, 2.45) is 0 Å². The Bertz CT molecular complexity index is 1070. The molecule has 0 bridgehead atoms. The number of methoxy groups -OCH3 is 1. The number of nitrogens with zero attached hydrogens (tertiary/aromatic N) is 3. The van der Waals surface area contributed by atoms with Gasteiger partial charge in [0.2, 0.25) is 0 Å². The zero-order valence-electron chi connectivity index (χ0n) is 16.7. The maximum Gasteiger partial charge on any atom is 0.312 e. The van der Waals surface area contributed by atoms with E-state index in [0.717, 1.165) is 11.1 Å². The number of hydrogen-bond donors (Lipinski definition) is 1. The van der Waals surface area contributed by atoms with Crippen LogP contribution in [0.25, 0.3) is 0 Å². The summed E-state index contributed by atoms with van der Waals surface area (Å²) in [6, 6.07) is 12.6. The summed E-state index contributed by atoms with van der Waals surface area (Å²) in [6.45, 7) is 5.62. The summed E-state index contributed by atoms with van der Waals surface area (Å²) in [5.41, 5.74) is 3.92. The Morgan fingerprint density at radius 3 is 2.45 bits per heavy atom. The minimum absolute atomic E-state index is 0.0353. The van der Waals surface area contributed by atoms with Gasteiger partial charge in [0, 0.05) is 5.56 Å². The molecule has 1 amide bonds. The molecule has 1 heterocycles. The third-order valence-corrected chi connectivity index (χ3v) is 4.68. The van der Waals surface area contributed by atoms with Gasteiger partial charge in [-0.05, 0) is 56.2 Å². The number of aromatic nitrogens is 2. The summed E-state index contributed by atoms with van der Waals surface area (Å²) >= 11 is 0. The van der Waals surface area contributed by atoms with Crippen molar-refractivity contribution in [2.75, 3.05) is 12.4 Å². The highest BCUT2D eigenvalue weighted by molar-refractivity contribution is 6.05. The molecule has 2 aromatic carbocycles. The minimum atomic E-state index is -0.416. The van der Waals surface area contributed by atoms with Gasteiger partial charge in [-0.2, -0.15) is 5.10 Å². The van der Waals surface area contributed by atoms with E-state index in [4.69, 9.17) is 4.74 Å². The number of carbonyl (C=O) groups excluding carboxylic acids is 1. The van der Waals surface area contributed by atoms with Crippen LogP contribution < -0.4 is 10.1 Å². The van der Waals surface area contributed by atoms with E-state index in [1.54, 1.807) is 37.8 Å². The average molecular weight is 394 g/mol. The molecule has 0 aliphatic heterocycles. The van der Waals surface area contributed by atoms with Crippen LogP contribution in [0, 0.1) is 30.9 Å². The number of rotatable bonds is 6. The summed E-state index contributed by atoms with van der Waals surface area (Å²) in [4.78, 5) is 23.3. The highest BCUT2D eigenvalue weighted by Gasteiger charge is 2.21. The van der Waals surface area contributed by atoms with Crippen LogP contribution in [0.15, 0.2) is 42.5 Å². The van der Waals surface area contributed by atoms with Gasteiger partial charge in [0.05, 0.1) is 24.3 Å². The zero-order chi connectivity index (χ0) is 21.1. The smallest absolute Gasteiger partial charge is 0.312 e. The fourth-order valence-electron chi connectivity index (χ4n) is 3.15. The van der Waals surface area contributed by atoms with E-state index in [1.807, 2.05) is 37.3 Å². The third-order valence-electron chi connectivity index (χ3n) is 4.68. The van der Waals surface area contributed by atoms with Crippen molar-refractivity contribution < 1.29 is 14.5 Å². The summed E-state index contributed by atoms with van der Waals surface area (Å²) in [5, 5.41) is 18.3. The Morgan fingerprint density at radius 2 is 1.86 bits per heavy atom. The molecular formula is C21H22N4O4. The van der Waals surface area contributed by atoms with Crippen LogP contribution in [0.4, 0.5) is 11.4 Å². The summed E-state index contributed by atoms with van der Waals surface area (Å²) in [7, 11) is 1.55. The number of carbonyl (C=O) groups is 1. The van der Waals surface area contributed by atoms with Gasteiger partial charge in [0.1, 0.15) is 17.1 Å². The van der Waals surface area contributed by atoms with Gasteiger partial charge < -0.3 is 10.1 Å². The molecule has 8 nitrogen and oxygen atoms in total. The molecule has 3 aromatic rings. The van der Waals surface area contributed by atoms with Crippen LogP contribution in [-0.2, 0) is 6.54 Å². The van der Waals surface area contributed by atoms with Gasteiger partial charge in [0.25, 0.3) is 5.91 Å². The number of ether oxygens (including phenoxy) is 1. The second-order valence-corrected chi connectivity index (χ2v) is 6.79. The lowest BCUT2D eigenvalue weighted by Gasteiger charge is -2.11. The van der Waals surface area contributed by atoms with Crippen LogP contribution in [-0.4, -0.2) is 27.7 Å². The van der Waals surface area contributed by atoms with Crippen molar-refractivity contribution >= 4 is 17.3 Å². The molecule has 0 saturated carbocycles. The Balaban J connectivity index is 1.75. The molecule has 0 saturated heterocycles. The van der Waals surface area contributed by atoms with Crippen molar-refractivity contribution in [2.45, 2.75) is 27.3 Å². The highest BCUT2D eigenvalue weighted by atomic mass is 16.6. The molecule has 8 heteroatoms. The second-order valence-electron chi connectivity index (χ2n) is 6.79. The summed E-state index contributed by atoms with van der Waals surface area (Å²) < 4.78 is 6.89. The molecule has 0 fully saturated rings. The largest absolute Gasteiger partial charge is 0.495 e. The van der Waals surface area contributed by atoms with Crippen LogP contribution >= 0.6 is 0 Å². The Kier molecular flexibility index (Phi) is 5.63. The number of hydrogen-bond acceptors (Lipinski definition) is 5. The monoisotopic (exact) mass is 394 g/mol. The van der Waals surface area contributed by atoms with Crippen LogP contribution in [0.1, 0.15) is 32.9 Å². The first-order valence-electron chi connectivity index (χ1n) is 9.03. The molecule has 1 aromatic heterocycles. The quantitative estimate of drug-likeness (QED) is 0.503. The van der Waals surface area contributed by atoms with Gasteiger partial charge in [-0.3, -0.25) is 19.6 Å². The van der Waals surface area contributed by atoms with Crippen molar-refractivity contribution in [3.05, 3.63) is 80.7 Å². The predicted octanol–water partition coefficient (Wildman–Crippen LogP) is 4.03. The second kappa shape index (κ2) is 8.14. The minimum Gasteiger partial charge on any atom is -0.495 e. The first-order valence-corrected chi connectivity index (χ1v) is 9.03. The number of anilines is 1. The van der Waals surface area contributed by atoms with Gasteiger partial charge in [-0.25, -0.2) is 0 Å². The third kappa shape index (κ3) is 4.26. The van der Waals surface area contributed by atoms with Gasteiger partial charge >= 0.3 is 5.69 Å². The first kappa shape index (κ1) is 20.1. The number of benzene rings is 2. The number of aryl methyl sites for hydroxylation is 2. The lowest BCUT2D eigenvalue weighted by atomic mass is 10.1. The molecule has 29 heavy (non-hydrogen) atoms. The highest BCUT2D eigenvalue weighted by Crippen LogP contribution is 2.26. The molecule has 0 unspecified atom stereocenters. The maximum absolute atomic E-state index is 12.6. The molecule has 0 spiro atoms. The number of nitro groups is 1. The van der Waals surface area contributed by atoms with E-state index < -0.39 is 4.92 Å². The van der Waals surface area contributed by atoms with E-state index in [-0.39, 0.29) is 11.6 Å². The molecule has 0 atom stereocenters. The Morgan fingerprint density at radius 1 is 1.17 bits per heavy atom. The van der Waals surface area contributed by atoms with Crippen molar-refractivity contribution in [1.29, 1.82) is 0 Å². The Hall–Kier alpha value is -3.68. The molecular weight excluding hydrogens is 372 g/mol. The predicted molar refractivity (Wildman–Crippen MR) is 110 cm³/mol. The molecule has 150 valence electrons. The van der Waals surface area contributed by atoms with E-state index in [2.05, 4.69) is 10.4 Å². The van der Waals surface area contributed by atoms with E-state index in [0.29, 0.717) is 34.9 Å². The lowest BCUT2D eigenvalue weighted by Crippen LogP contribution is -2.13. The molecule has 0 aliphatic carbocycles. The van der Waals surface area contributed by atoms with Crippen LogP contribution in [0.2, 0.25) is 0 Å². The fourth-order valence-corrected chi connectivity index (χ4v) is 3.15. The molecule has 1 N–H and O–H groups in total. The lowest BCUT2D eigenvalue weighted by molar-refractivity contribution is -0.386. The summed E-state index contributed by atoms with van der Waals surface area (Å²) in [6.07, 6.45) is 0. The fraction of sp³-hybridized carbons (Fsp3) is 0.238.